The van der Waals surface area contributed by atoms with Crippen molar-refractivity contribution in [2.75, 3.05) is 31.5 Å². The molecule has 2 aromatic carbocycles. The number of halogens is 2. The van der Waals surface area contributed by atoms with Gasteiger partial charge in [0, 0.05) is 31.9 Å². The van der Waals surface area contributed by atoms with Crippen molar-refractivity contribution in [3.63, 3.8) is 0 Å². The van der Waals surface area contributed by atoms with E-state index in [1.807, 2.05) is 26.8 Å². The Morgan fingerprint density at radius 1 is 0.892 bits per heavy atom. The van der Waals surface area contributed by atoms with Gasteiger partial charge in [-0.3, -0.25) is 9.59 Å². The highest BCUT2D eigenvalue weighted by molar-refractivity contribution is 6.02. The second-order valence-electron chi connectivity index (χ2n) is 8.28. The number of rotatable bonds is 5. The van der Waals surface area contributed by atoms with Crippen LogP contribution in [0.2, 0.25) is 0 Å². The third kappa shape index (κ3) is 5.79. The fourth-order valence-electron chi connectivity index (χ4n) is 4.00. The van der Waals surface area contributed by atoms with Crippen molar-refractivity contribution in [1.29, 1.82) is 0 Å². The smallest absolute Gasteiger partial charge is 0.337 e. The number of carboxylic acid groups (broad SMARTS) is 1. The summed E-state index contributed by atoms with van der Waals surface area (Å²) in [4.78, 5) is 40.0. The van der Waals surface area contributed by atoms with Crippen LogP contribution in [-0.4, -0.2) is 58.9 Å². The second-order valence-corrected chi connectivity index (χ2v) is 8.28. The number of anilines is 2. The molecule has 1 aliphatic rings. The quantitative estimate of drug-likeness (QED) is 0.484. The molecule has 0 radical (unpaired) electrons. The van der Waals surface area contributed by atoms with E-state index in [1.54, 1.807) is 25.1 Å². The lowest BCUT2D eigenvalue weighted by Gasteiger charge is -2.34. The third-order valence-electron chi connectivity index (χ3n) is 5.90. The summed E-state index contributed by atoms with van der Waals surface area (Å²) < 4.78 is 35.2. The van der Waals surface area contributed by atoms with Crippen LogP contribution in [0.4, 0.5) is 20.2 Å². The lowest BCUT2D eigenvalue weighted by molar-refractivity contribution is 0.0515. The summed E-state index contributed by atoms with van der Waals surface area (Å²) in [6.45, 7) is 8.07. The SMILES string of the molecule is CC.Cc1ccc(Nc2c(C(=O)O)cc(C(=O)N3CCN(C(=O)c4ccco4)CC3)c(F)c2F)c(C)c1. The van der Waals surface area contributed by atoms with Gasteiger partial charge in [0.25, 0.3) is 11.8 Å². The van der Waals surface area contributed by atoms with Crippen LogP contribution in [0.15, 0.2) is 47.1 Å². The number of benzene rings is 2. The van der Waals surface area contributed by atoms with Gasteiger partial charge in [0.1, 0.15) is 0 Å². The van der Waals surface area contributed by atoms with E-state index in [9.17, 15) is 19.5 Å². The zero-order chi connectivity index (χ0) is 27.3. The average Bonchev–Trinajstić information content (AvgIpc) is 3.44. The lowest BCUT2D eigenvalue weighted by Crippen LogP contribution is -2.50. The van der Waals surface area contributed by atoms with Crippen LogP contribution in [0.5, 0.6) is 0 Å². The first kappa shape index (κ1) is 27.4. The Labute approximate surface area is 213 Å². The fraction of sp³-hybridized carbons (Fsp3) is 0.296. The molecule has 4 rings (SSSR count). The van der Waals surface area contributed by atoms with Crippen LogP contribution in [0.3, 0.4) is 0 Å². The van der Waals surface area contributed by atoms with E-state index in [1.165, 1.54) is 22.1 Å². The molecule has 3 aromatic rings. The van der Waals surface area contributed by atoms with Crippen LogP contribution >= 0.6 is 0 Å². The van der Waals surface area contributed by atoms with Crippen molar-refractivity contribution in [2.45, 2.75) is 27.7 Å². The average molecular weight is 514 g/mol. The van der Waals surface area contributed by atoms with E-state index in [4.69, 9.17) is 4.42 Å². The number of carboxylic acids is 1. The molecular formula is C27H29F2N3O5. The van der Waals surface area contributed by atoms with Gasteiger partial charge < -0.3 is 24.6 Å². The largest absolute Gasteiger partial charge is 0.478 e. The van der Waals surface area contributed by atoms with E-state index in [0.29, 0.717) is 11.3 Å². The molecule has 1 aliphatic heterocycles. The van der Waals surface area contributed by atoms with Crippen molar-refractivity contribution in [2.24, 2.45) is 0 Å². The monoisotopic (exact) mass is 513 g/mol. The van der Waals surface area contributed by atoms with Crippen molar-refractivity contribution in [3.05, 3.63) is 82.3 Å². The maximum absolute atomic E-state index is 15.1. The number of carbonyl (C=O) groups excluding carboxylic acids is 2. The van der Waals surface area contributed by atoms with Crippen LogP contribution in [0.25, 0.3) is 0 Å². The number of piperazine rings is 1. The molecule has 1 saturated heterocycles. The molecule has 0 unspecified atom stereocenters. The highest BCUT2D eigenvalue weighted by atomic mass is 19.2. The summed E-state index contributed by atoms with van der Waals surface area (Å²) >= 11 is 0. The van der Waals surface area contributed by atoms with Gasteiger partial charge in [0.15, 0.2) is 17.4 Å². The number of amides is 2. The number of aromatic carboxylic acids is 1. The van der Waals surface area contributed by atoms with E-state index < -0.39 is 40.3 Å². The number of aryl methyl sites for hydroxylation is 2. The summed E-state index contributed by atoms with van der Waals surface area (Å²) in [5.41, 5.74) is 0.254. The van der Waals surface area contributed by atoms with E-state index in [2.05, 4.69) is 5.32 Å². The second kappa shape index (κ2) is 11.7. The number of furan rings is 1. The van der Waals surface area contributed by atoms with Gasteiger partial charge in [-0.15, -0.1) is 0 Å². The first-order valence-electron chi connectivity index (χ1n) is 11.9. The summed E-state index contributed by atoms with van der Waals surface area (Å²) in [6, 6.07) is 9.15. The summed E-state index contributed by atoms with van der Waals surface area (Å²) in [5, 5.41) is 12.3. The Morgan fingerprint density at radius 2 is 1.51 bits per heavy atom. The molecule has 0 saturated carbocycles. The summed E-state index contributed by atoms with van der Waals surface area (Å²) in [6.07, 6.45) is 1.38. The normalized spacial score (nSPS) is 13.0. The number of hydrogen-bond donors (Lipinski definition) is 2. The Hall–Kier alpha value is -4.21. The zero-order valence-corrected chi connectivity index (χ0v) is 21.1. The van der Waals surface area contributed by atoms with Gasteiger partial charge in [-0.25, -0.2) is 13.6 Å². The molecule has 8 nitrogen and oxygen atoms in total. The molecule has 10 heteroatoms. The highest BCUT2D eigenvalue weighted by Gasteiger charge is 2.31. The standard InChI is InChI=1S/C25H23F2N3O5.C2H6/c1-14-5-6-18(15(2)12-14)28-22-17(25(33)34)13-16(20(26)21(22)27)23(31)29-7-9-30(10-8-29)24(32)19-4-3-11-35-19;1-2/h3-6,11-13,28H,7-10H2,1-2H3,(H,33,34);1-2H3. The van der Waals surface area contributed by atoms with Gasteiger partial charge >= 0.3 is 5.97 Å². The van der Waals surface area contributed by atoms with Gasteiger partial charge in [-0.1, -0.05) is 31.5 Å². The highest BCUT2D eigenvalue weighted by Crippen LogP contribution is 2.31. The molecule has 1 fully saturated rings. The molecule has 0 atom stereocenters. The van der Waals surface area contributed by atoms with Gasteiger partial charge in [0.05, 0.1) is 23.1 Å². The van der Waals surface area contributed by atoms with Crippen LogP contribution < -0.4 is 5.32 Å². The van der Waals surface area contributed by atoms with Crippen molar-refractivity contribution in [3.8, 4) is 0 Å². The zero-order valence-electron chi connectivity index (χ0n) is 21.1. The molecule has 0 bridgehead atoms. The Kier molecular flexibility index (Phi) is 8.65. The molecule has 2 amide bonds. The summed E-state index contributed by atoms with van der Waals surface area (Å²) in [5.74, 6) is -5.45. The topological polar surface area (TPSA) is 103 Å². The number of nitrogens with one attached hydrogen (secondary N) is 1. The third-order valence-corrected chi connectivity index (χ3v) is 5.90. The van der Waals surface area contributed by atoms with Crippen molar-refractivity contribution >= 4 is 29.2 Å². The molecule has 2 heterocycles. The molecular weight excluding hydrogens is 484 g/mol. The minimum atomic E-state index is -1.51. The Balaban J connectivity index is 0.00000186. The Bertz CT molecular complexity index is 1300. The van der Waals surface area contributed by atoms with E-state index in [0.717, 1.165) is 11.6 Å². The maximum atomic E-state index is 15.1. The number of nitrogens with zero attached hydrogens (tertiary/aromatic N) is 2. The summed E-state index contributed by atoms with van der Waals surface area (Å²) in [7, 11) is 0. The first-order valence-corrected chi connectivity index (χ1v) is 11.9. The molecule has 37 heavy (non-hydrogen) atoms. The van der Waals surface area contributed by atoms with Gasteiger partial charge in [-0.05, 0) is 43.7 Å². The number of hydrogen-bond acceptors (Lipinski definition) is 5. The van der Waals surface area contributed by atoms with E-state index in [-0.39, 0.29) is 37.8 Å². The molecule has 0 aliphatic carbocycles. The van der Waals surface area contributed by atoms with Crippen molar-refractivity contribution in [1.82, 2.24) is 9.80 Å². The first-order chi connectivity index (χ1) is 17.7. The van der Waals surface area contributed by atoms with Crippen molar-refractivity contribution < 1.29 is 32.7 Å². The van der Waals surface area contributed by atoms with Crippen LogP contribution in [-0.2, 0) is 0 Å². The Morgan fingerprint density at radius 3 is 2.05 bits per heavy atom. The number of carbonyl (C=O) groups is 3. The van der Waals surface area contributed by atoms with E-state index >= 15 is 8.78 Å². The molecule has 0 spiro atoms. The molecule has 2 N–H and O–H groups in total. The maximum Gasteiger partial charge on any atom is 0.337 e. The minimum absolute atomic E-state index is 0.0668. The molecule has 196 valence electrons. The van der Waals surface area contributed by atoms with Crippen LogP contribution in [0, 0.1) is 25.5 Å². The predicted octanol–water partition coefficient (Wildman–Crippen LogP) is 5.24. The van der Waals surface area contributed by atoms with Crippen LogP contribution in [0.1, 0.15) is 56.2 Å². The fourth-order valence-corrected chi connectivity index (χ4v) is 4.00. The lowest BCUT2D eigenvalue weighted by atomic mass is 10.0. The minimum Gasteiger partial charge on any atom is -0.478 e. The van der Waals surface area contributed by atoms with Gasteiger partial charge in [0.2, 0.25) is 0 Å². The molecule has 1 aromatic heterocycles. The predicted molar refractivity (Wildman–Crippen MR) is 134 cm³/mol. The van der Waals surface area contributed by atoms with Gasteiger partial charge in [-0.2, -0.15) is 0 Å².